The van der Waals surface area contributed by atoms with E-state index in [4.69, 9.17) is 9.15 Å². The average Bonchev–Trinajstić information content (AvgIpc) is 3.48. The van der Waals surface area contributed by atoms with Crippen LogP contribution < -0.4 is 10.3 Å². The number of hydrogen-bond acceptors (Lipinski definition) is 7. The number of pyridine rings is 1. The maximum absolute atomic E-state index is 12.5. The minimum Gasteiger partial charge on any atom is -0.495 e. The fraction of sp³-hybridized carbons (Fsp3) is 0.130. The van der Waals surface area contributed by atoms with Gasteiger partial charge in [-0.3, -0.25) is 13.8 Å². The van der Waals surface area contributed by atoms with Gasteiger partial charge in [0, 0.05) is 18.0 Å². The van der Waals surface area contributed by atoms with Crippen LogP contribution in [-0.2, 0) is 5.75 Å². The van der Waals surface area contributed by atoms with Crippen molar-refractivity contribution in [2.45, 2.75) is 17.8 Å². The largest absolute Gasteiger partial charge is 0.495 e. The lowest BCUT2D eigenvalue weighted by Crippen LogP contribution is -2.15. The molecule has 32 heavy (non-hydrogen) atoms. The van der Waals surface area contributed by atoms with Gasteiger partial charge in [0.15, 0.2) is 11.0 Å². The summed E-state index contributed by atoms with van der Waals surface area (Å²) in [7, 11) is 1.63. The number of thioether (sulfide) groups is 1. The van der Waals surface area contributed by atoms with E-state index in [-0.39, 0.29) is 5.56 Å². The average molecular weight is 446 g/mol. The van der Waals surface area contributed by atoms with Gasteiger partial charge in [-0.2, -0.15) is 0 Å². The first-order chi connectivity index (χ1) is 15.6. The molecule has 0 atom stereocenters. The Hall–Kier alpha value is -3.85. The lowest BCUT2D eigenvalue weighted by Gasteiger charge is -2.13. The third-order valence-corrected chi connectivity index (χ3v) is 5.91. The van der Waals surface area contributed by atoms with Crippen LogP contribution in [0.15, 0.2) is 81.6 Å². The van der Waals surface area contributed by atoms with Crippen molar-refractivity contribution in [2.24, 2.45) is 0 Å². The molecule has 4 aromatic heterocycles. The van der Waals surface area contributed by atoms with Gasteiger partial charge in [0.05, 0.1) is 30.3 Å². The van der Waals surface area contributed by atoms with Gasteiger partial charge in [0.25, 0.3) is 5.56 Å². The van der Waals surface area contributed by atoms with Gasteiger partial charge in [-0.1, -0.05) is 30.0 Å². The summed E-state index contributed by atoms with van der Waals surface area (Å²) in [5.74, 6) is 1.78. The molecule has 0 bridgehead atoms. The monoisotopic (exact) mass is 445 g/mol. The molecule has 9 heteroatoms. The van der Waals surface area contributed by atoms with Crippen molar-refractivity contribution in [2.75, 3.05) is 7.11 Å². The predicted molar refractivity (Wildman–Crippen MR) is 121 cm³/mol. The molecule has 0 aliphatic carbocycles. The number of aryl methyl sites for hydroxylation is 1. The molecule has 0 saturated heterocycles. The van der Waals surface area contributed by atoms with Gasteiger partial charge in [-0.25, -0.2) is 4.98 Å². The Labute approximate surface area is 187 Å². The Kier molecular flexibility index (Phi) is 5.24. The third-order valence-electron chi connectivity index (χ3n) is 4.95. The summed E-state index contributed by atoms with van der Waals surface area (Å²) in [6, 6.07) is 14.8. The van der Waals surface area contributed by atoms with Crippen molar-refractivity contribution < 1.29 is 9.15 Å². The maximum atomic E-state index is 12.5. The van der Waals surface area contributed by atoms with Gasteiger partial charge in [0.1, 0.15) is 17.7 Å². The predicted octanol–water partition coefficient (Wildman–Crippen LogP) is 4.14. The van der Waals surface area contributed by atoms with E-state index in [1.54, 1.807) is 36.3 Å². The van der Waals surface area contributed by atoms with Crippen LogP contribution in [0.25, 0.3) is 22.7 Å². The molecule has 0 fully saturated rings. The van der Waals surface area contributed by atoms with E-state index in [0.717, 1.165) is 16.8 Å². The summed E-state index contributed by atoms with van der Waals surface area (Å²) < 4.78 is 14.3. The first-order valence-corrected chi connectivity index (χ1v) is 10.9. The molecular formula is C23H19N5O3S. The van der Waals surface area contributed by atoms with Crippen molar-refractivity contribution >= 4 is 17.4 Å². The van der Waals surface area contributed by atoms with Gasteiger partial charge in [-0.05, 0) is 36.8 Å². The molecule has 0 saturated carbocycles. The van der Waals surface area contributed by atoms with E-state index in [1.165, 1.54) is 11.8 Å². The maximum Gasteiger partial charge on any atom is 0.258 e. The number of rotatable bonds is 6. The van der Waals surface area contributed by atoms with Crippen LogP contribution in [0.4, 0.5) is 0 Å². The van der Waals surface area contributed by atoms with Crippen molar-refractivity contribution in [1.82, 2.24) is 24.1 Å². The highest BCUT2D eigenvalue weighted by molar-refractivity contribution is 7.98. The summed E-state index contributed by atoms with van der Waals surface area (Å²) in [6.07, 6.45) is 5.01. The zero-order valence-corrected chi connectivity index (χ0v) is 18.2. The number of hydrogen-bond donors (Lipinski definition) is 0. The molecule has 5 aromatic rings. The van der Waals surface area contributed by atoms with E-state index < -0.39 is 0 Å². The first kappa shape index (κ1) is 20.1. The highest BCUT2D eigenvalue weighted by atomic mass is 32.2. The fourth-order valence-corrected chi connectivity index (χ4v) is 4.28. The standard InChI is InChI=1S/C23H19N5O3S/c1-15-7-8-20-24-17(11-21(29)27(20)12-15)14-32-23-26-25-22(16-9-10-31-13-16)28(23)18-5-3-4-6-19(18)30-2/h3-13H,14H2,1-2H3. The Balaban J connectivity index is 1.54. The number of methoxy groups -OCH3 is 1. The van der Waals surface area contributed by atoms with Gasteiger partial charge < -0.3 is 9.15 Å². The number of furan rings is 1. The van der Waals surface area contributed by atoms with Crippen LogP contribution in [0, 0.1) is 6.92 Å². The molecule has 0 N–H and O–H groups in total. The van der Waals surface area contributed by atoms with Crippen molar-refractivity contribution in [3.63, 3.8) is 0 Å². The summed E-state index contributed by atoms with van der Waals surface area (Å²) in [4.78, 5) is 17.2. The summed E-state index contributed by atoms with van der Waals surface area (Å²) in [5.41, 5.74) is 3.78. The zero-order valence-electron chi connectivity index (χ0n) is 17.4. The second-order valence-corrected chi connectivity index (χ2v) is 8.08. The van der Waals surface area contributed by atoms with Gasteiger partial charge in [-0.15, -0.1) is 10.2 Å². The zero-order chi connectivity index (χ0) is 22.1. The quantitative estimate of drug-likeness (QED) is 0.363. The van der Waals surface area contributed by atoms with Crippen LogP contribution in [0.3, 0.4) is 0 Å². The number of para-hydroxylation sites is 2. The van der Waals surface area contributed by atoms with Gasteiger partial charge >= 0.3 is 0 Å². The first-order valence-electron chi connectivity index (χ1n) is 9.87. The normalized spacial score (nSPS) is 11.2. The number of nitrogens with zero attached hydrogens (tertiary/aromatic N) is 5. The Bertz CT molecular complexity index is 1460. The molecule has 0 amide bonds. The summed E-state index contributed by atoms with van der Waals surface area (Å²) in [5, 5.41) is 9.44. The molecule has 0 unspecified atom stereocenters. The van der Waals surface area contributed by atoms with Crippen LogP contribution in [-0.4, -0.2) is 31.3 Å². The third kappa shape index (κ3) is 3.67. The van der Waals surface area contributed by atoms with E-state index in [0.29, 0.717) is 33.8 Å². The lowest BCUT2D eigenvalue weighted by molar-refractivity contribution is 0.412. The Morgan fingerprint density at radius 1 is 1.12 bits per heavy atom. The van der Waals surface area contributed by atoms with Crippen molar-refractivity contribution in [3.8, 4) is 22.8 Å². The topological polar surface area (TPSA) is 87.5 Å². The highest BCUT2D eigenvalue weighted by Gasteiger charge is 2.20. The number of fused-ring (bicyclic) bond motifs is 1. The Morgan fingerprint density at radius 2 is 2.00 bits per heavy atom. The minimum atomic E-state index is -0.111. The molecule has 5 rings (SSSR count). The minimum absolute atomic E-state index is 0.111. The van der Waals surface area contributed by atoms with Crippen molar-refractivity contribution in [3.05, 3.63) is 88.9 Å². The molecule has 0 aliphatic heterocycles. The van der Waals surface area contributed by atoms with Crippen LogP contribution >= 0.6 is 11.8 Å². The summed E-state index contributed by atoms with van der Waals surface area (Å²) >= 11 is 1.45. The van der Waals surface area contributed by atoms with Crippen molar-refractivity contribution in [1.29, 1.82) is 0 Å². The fourth-order valence-electron chi connectivity index (χ4n) is 3.44. The molecular weight excluding hydrogens is 426 g/mol. The molecule has 0 radical (unpaired) electrons. The van der Waals surface area contributed by atoms with E-state index >= 15 is 0 Å². The molecule has 4 heterocycles. The van der Waals surface area contributed by atoms with Crippen LogP contribution in [0.2, 0.25) is 0 Å². The highest BCUT2D eigenvalue weighted by Crippen LogP contribution is 2.33. The van der Waals surface area contributed by atoms with E-state index in [1.807, 2.05) is 54.0 Å². The number of aromatic nitrogens is 5. The number of ether oxygens (including phenoxy) is 1. The van der Waals surface area contributed by atoms with Crippen LogP contribution in [0.1, 0.15) is 11.3 Å². The molecule has 8 nitrogen and oxygen atoms in total. The SMILES string of the molecule is COc1ccccc1-n1c(SCc2cc(=O)n3cc(C)ccc3n2)nnc1-c1ccoc1. The lowest BCUT2D eigenvalue weighted by atomic mass is 10.2. The smallest absolute Gasteiger partial charge is 0.258 e. The Morgan fingerprint density at radius 3 is 2.81 bits per heavy atom. The molecule has 0 aliphatic rings. The molecule has 160 valence electrons. The summed E-state index contributed by atoms with van der Waals surface area (Å²) in [6.45, 7) is 1.94. The molecule has 1 aromatic carbocycles. The second-order valence-electron chi connectivity index (χ2n) is 7.13. The van der Waals surface area contributed by atoms with E-state index in [9.17, 15) is 4.79 Å². The van der Waals surface area contributed by atoms with Crippen LogP contribution in [0.5, 0.6) is 5.75 Å². The van der Waals surface area contributed by atoms with E-state index in [2.05, 4.69) is 15.2 Å². The van der Waals surface area contributed by atoms with Gasteiger partial charge in [0.2, 0.25) is 0 Å². The molecule has 0 spiro atoms. The second kappa shape index (κ2) is 8.35. The number of benzene rings is 1.